The third-order valence-electron chi connectivity index (χ3n) is 3.01. The number of benzene rings is 1. The Kier molecular flexibility index (Phi) is 4.13. The second kappa shape index (κ2) is 6.39. The van der Waals surface area contributed by atoms with Gasteiger partial charge in [-0.15, -0.1) is 11.3 Å². The predicted octanol–water partition coefficient (Wildman–Crippen LogP) is 4.08. The molecular weight excluding hydrogens is 268 g/mol. The third-order valence-corrected chi connectivity index (χ3v) is 3.88. The maximum atomic E-state index is 5.70. The van der Waals surface area contributed by atoms with Gasteiger partial charge in [0.1, 0.15) is 11.6 Å². The number of nitrogens with zero attached hydrogens (tertiary/aromatic N) is 2. The Labute approximate surface area is 122 Å². The summed E-state index contributed by atoms with van der Waals surface area (Å²) in [6, 6.07) is 14.1. The van der Waals surface area contributed by atoms with Crippen LogP contribution in [0.5, 0.6) is 5.75 Å². The van der Waals surface area contributed by atoms with Crippen molar-refractivity contribution in [2.45, 2.75) is 13.0 Å². The fourth-order valence-electron chi connectivity index (χ4n) is 2.06. The first-order valence-electron chi connectivity index (χ1n) is 6.66. The zero-order valence-corrected chi connectivity index (χ0v) is 11.9. The molecule has 0 radical (unpaired) electrons. The fourth-order valence-corrected chi connectivity index (χ4v) is 2.80. The topological polar surface area (TPSA) is 27.1 Å². The molecule has 3 rings (SSSR count). The van der Waals surface area contributed by atoms with Gasteiger partial charge in [-0.25, -0.2) is 4.98 Å². The number of aryl methyl sites for hydroxylation is 1. The molecule has 0 saturated heterocycles. The number of rotatable bonds is 6. The highest BCUT2D eigenvalue weighted by molar-refractivity contribution is 7.13. The first-order valence-corrected chi connectivity index (χ1v) is 7.54. The van der Waals surface area contributed by atoms with Crippen molar-refractivity contribution in [3.63, 3.8) is 0 Å². The maximum Gasteiger partial charge on any atom is 0.149 e. The van der Waals surface area contributed by atoms with Crippen molar-refractivity contribution < 1.29 is 4.74 Å². The Balaban J connectivity index is 1.53. The number of para-hydroxylation sites is 1. The van der Waals surface area contributed by atoms with Crippen molar-refractivity contribution in [2.24, 2.45) is 0 Å². The van der Waals surface area contributed by atoms with Gasteiger partial charge in [0, 0.05) is 18.9 Å². The average molecular weight is 284 g/mol. The van der Waals surface area contributed by atoms with Crippen molar-refractivity contribution in [3.8, 4) is 16.5 Å². The Morgan fingerprint density at radius 3 is 2.80 bits per heavy atom. The largest absolute Gasteiger partial charge is 0.494 e. The van der Waals surface area contributed by atoms with Gasteiger partial charge >= 0.3 is 0 Å². The smallest absolute Gasteiger partial charge is 0.149 e. The molecule has 0 unspecified atom stereocenters. The van der Waals surface area contributed by atoms with E-state index in [1.54, 1.807) is 11.3 Å². The van der Waals surface area contributed by atoms with Crippen molar-refractivity contribution >= 4 is 11.3 Å². The zero-order valence-electron chi connectivity index (χ0n) is 11.1. The minimum atomic E-state index is 0.714. The van der Waals surface area contributed by atoms with Gasteiger partial charge in [-0.05, 0) is 30.0 Å². The normalized spacial score (nSPS) is 10.6. The van der Waals surface area contributed by atoms with Gasteiger partial charge in [-0.1, -0.05) is 24.3 Å². The lowest BCUT2D eigenvalue weighted by molar-refractivity contribution is 0.302. The maximum absolute atomic E-state index is 5.70. The Hall–Kier alpha value is -2.07. The van der Waals surface area contributed by atoms with Crippen LogP contribution in [0.3, 0.4) is 0 Å². The highest BCUT2D eigenvalue weighted by Crippen LogP contribution is 2.23. The van der Waals surface area contributed by atoms with E-state index in [9.17, 15) is 0 Å². The van der Waals surface area contributed by atoms with E-state index in [4.69, 9.17) is 4.74 Å². The first-order chi connectivity index (χ1) is 9.93. The number of imidazole rings is 1. The van der Waals surface area contributed by atoms with Crippen LogP contribution in [0.1, 0.15) is 6.42 Å². The summed E-state index contributed by atoms with van der Waals surface area (Å²) in [7, 11) is 0. The summed E-state index contributed by atoms with van der Waals surface area (Å²) in [4.78, 5) is 5.64. The minimum Gasteiger partial charge on any atom is -0.494 e. The molecule has 0 aliphatic rings. The molecule has 1 aromatic carbocycles. The molecule has 0 atom stereocenters. The summed E-state index contributed by atoms with van der Waals surface area (Å²) in [6.07, 6.45) is 4.84. The van der Waals surface area contributed by atoms with Crippen molar-refractivity contribution in [1.82, 2.24) is 9.55 Å². The molecule has 0 fully saturated rings. The van der Waals surface area contributed by atoms with Crippen molar-refractivity contribution in [2.75, 3.05) is 6.61 Å². The second-order valence-electron chi connectivity index (χ2n) is 4.44. The lowest BCUT2D eigenvalue weighted by Gasteiger charge is -2.08. The highest BCUT2D eigenvalue weighted by Gasteiger charge is 2.06. The van der Waals surface area contributed by atoms with E-state index < -0.39 is 0 Å². The van der Waals surface area contributed by atoms with Gasteiger partial charge < -0.3 is 9.30 Å². The Bertz CT molecular complexity index is 632. The van der Waals surface area contributed by atoms with Crippen molar-refractivity contribution in [3.05, 3.63) is 60.2 Å². The number of hydrogen-bond acceptors (Lipinski definition) is 3. The standard InChI is InChI=1S/C16H16N2OS/c1-2-6-14(7-3-1)19-12-5-10-18-11-9-17-16(18)15-8-4-13-20-15/h1-4,6-9,11,13H,5,10,12H2. The molecule has 4 heteroatoms. The van der Waals surface area contributed by atoms with Crippen LogP contribution >= 0.6 is 11.3 Å². The molecule has 20 heavy (non-hydrogen) atoms. The molecule has 0 amide bonds. The van der Waals surface area contributed by atoms with Crippen molar-refractivity contribution in [1.29, 1.82) is 0 Å². The van der Waals surface area contributed by atoms with Crippen LogP contribution in [-0.4, -0.2) is 16.2 Å². The van der Waals surface area contributed by atoms with Crippen LogP contribution in [0.2, 0.25) is 0 Å². The van der Waals surface area contributed by atoms with Gasteiger partial charge in [-0.2, -0.15) is 0 Å². The van der Waals surface area contributed by atoms with E-state index in [2.05, 4.69) is 27.1 Å². The van der Waals surface area contributed by atoms with E-state index in [-0.39, 0.29) is 0 Å². The van der Waals surface area contributed by atoms with Crippen LogP contribution in [0, 0.1) is 0 Å². The van der Waals surface area contributed by atoms with Crippen LogP contribution in [0.25, 0.3) is 10.7 Å². The average Bonchev–Trinajstić information content (AvgIpc) is 3.15. The minimum absolute atomic E-state index is 0.714. The second-order valence-corrected chi connectivity index (χ2v) is 5.38. The van der Waals surface area contributed by atoms with Crippen LogP contribution in [0.15, 0.2) is 60.2 Å². The summed E-state index contributed by atoms with van der Waals surface area (Å²) < 4.78 is 7.88. The Morgan fingerprint density at radius 1 is 1.10 bits per heavy atom. The van der Waals surface area contributed by atoms with Gasteiger partial charge in [-0.3, -0.25) is 0 Å². The van der Waals surface area contributed by atoms with Gasteiger partial charge in [0.05, 0.1) is 11.5 Å². The molecule has 0 spiro atoms. The number of aromatic nitrogens is 2. The molecular formula is C16H16N2OS. The molecule has 0 bridgehead atoms. The summed E-state index contributed by atoms with van der Waals surface area (Å²) in [5.41, 5.74) is 0. The number of thiophene rings is 1. The first kappa shape index (κ1) is 12.9. The molecule has 0 saturated carbocycles. The molecule has 0 aliphatic heterocycles. The quantitative estimate of drug-likeness (QED) is 0.638. The molecule has 3 nitrogen and oxygen atoms in total. The molecule has 3 aromatic rings. The predicted molar refractivity (Wildman–Crippen MR) is 82.1 cm³/mol. The van der Waals surface area contributed by atoms with E-state index in [0.717, 1.165) is 24.5 Å². The fraction of sp³-hybridized carbons (Fsp3) is 0.188. The van der Waals surface area contributed by atoms with Crippen LogP contribution in [0.4, 0.5) is 0 Å². The SMILES string of the molecule is c1ccc(OCCCn2ccnc2-c2cccs2)cc1. The van der Waals surface area contributed by atoms with E-state index in [0.29, 0.717) is 6.61 Å². The number of ether oxygens (including phenoxy) is 1. The molecule has 102 valence electrons. The third kappa shape index (κ3) is 3.08. The molecule has 2 aromatic heterocycles. The summed E-state index contributed by atoms with van der Waals surface area (Å²) in [5.74, 6) is 1.97. The van der Waals surface area contributed by atoms with Crippen LogP contribution in [-0.2, 0) is 6.54 Å². The van der Waals surface area contributed by atoms with E-state index in [1.165, 1.54) is 4.88 Å². The highest BCUT2D eigenvalue weighted by atomic mass is 32.1. The monoisotopic (exact) mass is 284 g/mol. The molecule has 2 heterocycles. The zero-order chi connectivity index (χ0) is 13.6. The van der Waals surface area contributed by atoms with Gasteiger partial charge in [0.2, 0.25) is 0 Å². The lowest BCUT2D eigenvalue weighted by Crippen LogP contribution is -2.04. The summed E-state index contributed by atoms with van der Waals surface area (Å²) >= 11 is 1.72. The van der Waals surface area contributed by atoms with Gasteiger partial charge in [0.25, 0.3) is 0 Å². The van der Waals surface area contributed by atoms with Gasteiger partial charge in [0.15, 0.2) is 0 Å². The summed E-state index contributed by atoms with van der Waals surface area (Å²) in [5, 5.41) is 2.08. The van der Waals surface area contributed by atoms with E-state index >= 15 is 0 Å². The Morgan fingerprint density at radius 2 is 2.00 bits per heavy atom. The lowest BCUT2D eigenvalue weighted by atomic mass is 10.3. The molecule has 0 N–H and O–H groups in total. The summed E-state index contributed by atoms with van der Waals surface area (Å²) in [6.45, 7) is 1.63. The van der Waals surface area contributed by atoms with E-state index in [1.807, 2.05) is 42.7 Å². The molecule has 0 aliphatic carbocycles. The number of hydrogen-bond donors (Lipinski definition) is 0. The van der Waals surface area contributed by atoms with Crippen LogP contribution < -0.4 is 4.74 Å².